The minimum atomic E-state index is -3.95. The van der Waals surface area contributed by atoms with Crippen LogP contribution in [-0.4, -0.2) is 48.1 Å². The third kappa shape index (κ3) is 8.11. The molecular formula is C33H45N5O5S2. The van der Waals surface area contributed by atoms with Crippen LogP contribution in [-0.2, 0) is 26.7 Å². The standard InChI is InChI=1S/C33H45N5O5S2/c1-22(2)43-30(40)37-33-16-13-32(14-17-33,15-18-33)28-34-21-26(44-28)25-12-11-24(19-27(25)45(41,42)38-31(3,4)5)36-29(39)35-20-23-9-7-6-8-10-23/h6-12,19,21-22,30,37-38,40H,13-18,20H2,1-5H3,(H2,35,36,39). The summed E-state index contributed by atoms with van der Waals surface area (Å²) in [6.45, 7) is 9.53. The number of aliphatic hydroxyl groups excluding tert-OH is 1. The molecule has 244 valence electrons. The molecule has 2 bridgehead atoms. The summed E-state index contributed by atoms with van der Waals surface area (Å²) in [6, 6.07) is 14.1. The summed E-state index contributed by atoms with van der Waals surface area (Å²) in [5.41, 5.74) is 0.941. The van der Waals surface area contributed by atoms with Gasteiger partial charge in [0, 0.05) is 40.5 Å². The lowest BCUT2D eigenvalue weighted by atomic mass is 9.57. The highest BCUT2D eigenvalue weighted by molar-refractivity contribution is 7.89. The highest BCUT2D eigenvalue weighted by Gasteiger charge is 2.51. The number of aliphatic hydroxyl groups is 1. The van der Waals surface area contributed by atoms with Crippen LogP contribution in [0.3, 0.4) is 0 Å². The van der Waals surface area contributed by atoms with Gasteiger partial charge in [-0.1, -0.05) is 36.4 Å². The molecule has 3 aromatic rings. The number of nitrogens with one attached hydrogen (secondary N) is 4. The van der Waals surface area contributed by atoms with Gasteiger partial charge in [-0.05, 0) is 90.8 Å². The predicted molar refractivity (Wildman–Crippen MR) is 177 cm³/mol. The van der Waals surface area contributed by atoms with Crippen molar-refractivity contribution in [3.05, 3.63) is 65.3 Å². The lowest BCUT2D eigenvalue weighted by Crippen LogP contribution is -2.59. The fourth-order valence-corrected chi connectivity index (χ4v) is 9.32. The second-order valence-electron chi connectivity index (χ2n) is 13.6. The van der Waals surface area contributed by atoms with E-state index in [2.05, 4.69) is 20.7 Å². The van der Waals surface area contributed by atoms with Gasteiger partial charge in [0.25, 0.3) is 0 Å². The van der Waals surface area contributed by atoms with Crippen LogP contribution in [0.4, 0.5) is 10.5 Å². The summed E-state index contributed by atoms with van der Waals surface area (Å²) in [5, 5.41) is 20.3. The molecule has 0 spiro atoms. The first-order valence-corrected chi connectivity index (χ1v) is 17.8. The number of thiazole rings is 1. The highest BCUT2D eigenvalue weighted by atomic mass is 32.2. The maximum Gasteiger partial charge on any atom is 0.319 e. The smallest absolute Gasteiger partial charge is 0.319 e. The van der Waals surface area contributed by atoms with Gasteiger partial charge in [-0.2, -0.15) is 0 Å². The number of carbonyl (C=O) groups excluding carboxylic acids is 1. The van der Waals surface area contributed by atoms with Gasteiger partial charge < -0.3 is 20.5 Å². The molecule has 45 heavy (non-hydrogen) atoms. The molecule has 0 radical (unpaired) electrons. The Balaban J connectivity index is 1.36. The quantitative estimate of drug-likeness (QED) is 0.163. The van der Waals surface area contributed by atoms with Crippen LogP contribution in [0.1, 0.15) is 83.7 Å². The number of hydrogen-bond acceptors (Lipinski definition) is 8. The van der Waals surface area contributed by atoms with Gasteiger partial charge in [0.1, 0.15) is 0 Å². The second-order valence-corrected chi connectivity index (χ2v) is 16.3. The van der Waals surface area contributed by atoms with E-state index in [9.17, 15) is 18.3 Å². The van der Waals surface area contributed by atoms with Gasteiger partial charge in [-0.25, -0.2) is 22.9 Å². The van der Waals surface area contributed by atoms with Crippen LogP contribution in [0.15, 0.2) is 59.6 Å². The van der Waals surface area contributed by atoms with E-state index in [0.29, 0.717) is 17.8 Å². The SMILES string of the molecule is CC(C)OC(O)NC12CCC(c3ncc(-c4ccc(NC(=O)NCc5ccccc5)cc4S(=O)(=O)NC(C)(C)C)s3)(CC1)CC2. The maximum atomic E-state index is 13.7. The van der Waals surface area contributed by atoms with E-state index in [1.807, 2.05) is 44.2 Å². The molecule has 5 N–H and O–H groups in total. The summed E-state index contributed by atoms with van der Waals surface area (Å²) in [5.74, 6) is 0. The highest BCUT2D eigenvalue weighted by Crippen LogP contribution is 2.55. The third-order valence-electron chi connectivity index (χ3n) is 8.57. The number of nitrogens with zero attached hydrogens (tertiary/aromatic N) is 1. The van der Waals surface area contributed by atoms with E-state index in [0.717, 1.165) is 54.0 Å². The molecule has 1 unspecified atom stereocenters. The van der Waals surface area contributed by atoms with Crippen molar-refractivity contribution in [3.8, 4) is 10.4 Å². The van der Waals surface area contributed by atoms with Crippen LogP contribution < -0.4 is 20.7 Å². The molecule has 1 heterocycles. The number of amides is 2. The van der Waals surface area contributed by atoms with Gasteiger partial charge in [0.2, 0.25) is 16.4 Å². The van der Waals surface area contributed by atoms with Crippen LogP contribution >= 0.6 is 11.3 Å². The predicted octanol–water partition coefficient (Wildman–Crippen LogP) is 5.84. The van der Waals surface area contributed by atoms with E-state index < -0.39 is 28.0 Å². The monoisotopic (exact) mass is 655 g/mol. The van der Waals surface area contributed by atoms with Gasteiger partial charge in [0.05, 0.1) is 20.9 Å². The number of anilines is 1. The molecule has 1 atom stereocenters. The van der Waals surface area contributed by atoms with E-state index in [-0.39, 0.29) is 22.0 Å². The van der Waals surface area contributed by atoms with Crippen LogP contribution in [0.2, 0.25) is 0 Å². The molecule has 12 heteroatoms. The van der Waals surface area contributed by atoms with E-state index in [1.165, 1.54) is 17.4 Å². The average Bonchev–Trinajstić information content (AvgIpc) is 3.47. The summed E-state index contributed by atoms with van der Waals surface area (Å²) in [6.07, 6.45) is 6.22. The Morgan fingerprint density at radius 3 is 2.33 bits per heavy atom. The number of sulfonamides is 1. The van der Waals surface area contributed by atoms with Crippen molar-refractivity contribution in [1.82, 2.24) is 20.3 Å². The normalized spacial score (nSPS) is 22.4. The zero-order valence-electron chi connectivity index (χ0n) is 26.6. The van der Waals surface area contributed by atoms with Crippen LogP contribution in [0, 0.1) is 0 Å². The molecule has 0 saturated heterocycles. The first-order valence-electron chi connectivity index (χ1n) is 15.5. The molecule has 10 nitrogen and oxygen atoms in total. The topological polar surface area (TPSA) is 142 Å². The first kappa shape index (κ1) is 33.5. The van der Waals surface area contributed by atoms with Gasteiger partial charge in [-0.15, -0.1) is 11.3 Å². The summed E-state index contributed by atoms with van der Waals surface area (Å²) in [4.78, 5) is 18.4. The van der Waals surface area contributed by atoms with E-state index in [1.54, 1.807) is 39.1 Å². The Hall–Kier alpha value is -2.87. The minimum absolute atomic E-state index is 0.0714. The second kappa shape index (κ2) is 13.1. The summed E-state index contributed by atoms with van der Waals surface area (Å²) >= 11 is 1.54. The van der Waals surface area contributed by atoms with E-state index in [4.69, 9.17) is 9.72 Å². The van der Waals surface area contributed by atoms with Crippen molar-refractivity contribution in [1.29, 1.82) is 0 Å². The summed E-state index contributed by atoms with van der Waals surface area (Å²) in [7, 11) is -3.95. The Kier molecular flexibility index (Phi) is 9.74. The Labute approximate surface area is 270 Å². The Morgan fingerprint density at radius 1 is 1.04 bits per heavy atom. The molecule has 0 aliphatic heterocycles. The average molecular weight is 656 g/mol. The molecule has 3 aliphatic rings. The number of urea groups is 1. The fourth-order valence-electron chi connectivity index (χ4n) is 6.36. The van der Waals surface area contributed by atoms with Gasteiger partial charge >= 0.3 is 6.03 Å². The number of rotatable bonds is 11. The van der Waals surface area contributed by atoms with Crippen LogP contribution in [0.25, 0.3) is 10.4 Å². The zero-order valence-corrected chi connectivity index (χ0v) is 28.3. The van der Waals surface area contributed by atoms with Crippen molar-refractivity contribution >= 4 is 33.1 Å². The Bertz CT molecular complexity index is 1580. The van der Waals surface area contributed by atoms with Gasteiger partial charge in [0.15, 0.2) is 0 Å². The van der Waals surface area contributed by atoms with E-state index >= 15 is 0 Å². The number of aromatic nitrogens is 1. The zero-order chi connectivity index (χ0) is 32.5. The number of carbonyl (C=O) groups is 1. The van der Waals surface area contributed by atoms with Crippen molar-refractivity contribution < 1.29 is 23.1 Å². The Morgan fingerprint density at radius 2 is 1.71 bits per heavy atom. The minimum Gasteiger partial charge on any atom is -0.356 e. The molecule has 2 aromatic carbocycles. The number of benzene rings is 2. The van der Waals surface area contributed by atoms with Crippen molar-refractivity contribution in [2.45, 2.75) is 114 Å². The van der Waals surface area contributed by atoms with Crippen molar-refractivity contribution in [2.24, 2.45) is 0 Å². The fraction of sp³-hybridized carbons (Fsp3) is 0.515. The van der Waals surface area contributed by atoms with Crippen LogP contribution in [0.5, 0.6) is 0 Å². The molecule has 1 aromatic heterocycles. The molecule has 3 aliphatic carbocycles. The molecule has 6 rings (SSSR count). The lowest BCUT2D eigenvalue weighted by Gasteiger charge is -2.53. The van der Waals surface area contributed by atoms with Gasteiger partial charge in [-0.3, -0.25) is 5.32 Å². The van der Waals surface area contributed by atoms with Crippen molar-refractivity contribution in [2.75, 3.05) is 5.32 Å². The summed E-state index contributed by atoms with van der Waals surface area (Å²) < 4.78 is 35.8. The number of fused-ring (bicyclic) bond motifs is 3. The largest absolute Gasteiger partial charge is 0.356 e. The number of hydrogen-bond donors (Lipinski definition) is 5. The maximum absolute atomic E-state index is 13.7. The lowest BCUT2D eigenvalue weighted by molar-refractivity contribution is -0.166. The molecular weight excluding hydrogens is 611 g/mol. The molecule has 2 amide bonds. The first-order chi connectivity index (χ1) is 21.2. The molecule has 3 fully saturated rings. The van der Waals surface area contributed by atoms with Crippen molar-refractivity contribution in [3.63, 3.8) is 0 Å². The molecule has 3 saturated carbocycles. The third-order valence-corrected chi connectivity index (χ3v) is 11.6. The number of ether oxygens (including phenoxy) is 1.